The summed E-state index contributed by atoms with van der Waals surface area (Å²) in [4.78, 5) is 24.9. The molecule has 8 nitrogen and oxygen atoms in total. The van der Waals surface area contributed by atoms with E-state index < -0.39 is 13.9 Å². The number of esters is 1. The fourth-order valence-corrected chi connectivity index (χ4v) is 6.87. The lowest BCUT2D eigenvalue weighted by Crippen LogP contribution is -2.37. The van der Waals surface area contributed by atoms with Crippen molar-refractivity contribution < 1.29 is 37.3 Å². The summed E-state index contributed by atoms with van der Waals surface area (Å²) >= 11 is 0. The molecule has 0 aliphatic heterocycles. The van der Waals surface area contributed by atoms with E-state index in [1.165, 1.54) is 128 Å². The smallest absolute Gasteiger partial charge is 0.306 e. The van der Waals surface area contributed by atoms with Crippen molar-refractivity contribution in [2.75, 3.05) is 54.1 Å². The van der Waals surface area contributed by atoms with Crippen LogP contribution < -0.4 is 4.89 Å². The second kappa shape index (κ2) is 37.2. The van der Waals surface area contributed by atoms with Crippen LogP contribution in [0.1, 0.15) is 200 Å². The summed E-state index contributed by atoms with van der Waals surface area (Å²) < 4.78 is 34.5. The maximum atomic E-state index is 12.6. The van der Waals surface area contributed by atoms with E-state index in [9.17, 15) is 14.3 Å². The van der Waals surface area contributed by atoms with E-state index in [2.05, 4.69) is 26.0 Å². The molecule has 0 aliphatic rings. The molecule has 0 radical (unpaired) electrons. The quantitative estimate of drug-likeness (QED) is 0.0201. The van der Waals surface area contributed by atoms with Gasteiger partial charge in [-0.15, -0.1) is 0 Å². The number of nitrogens with zero attached hydrogens (tertiary/aromatic N) is 1. The number of allylic oxidation sites excluding steroid dienone is 2. The van der Waals surface area contributed by atoms with Crippen LogP contribution in [0.3, 0.4) is 0 Å². The standard InChI is InChI=1S/C43H86NO7P/c1-6-8-10-12-14-16-18-19-20-21-22-23-24-25-26-27-29-31-33-35-38-48-40-42(41-50-52(46,47)49-39-37-44(3,4)5)51-43(45)36-34-32-30-28-17-15-13-11-9-7-2/h11,13,42H,6-10,12,14-41H2,1-5H3/b13-11-. The van der Waals surface area contributed by atoms with Crippen LogP contribution in [0.2, 0.25) is 0 Å². The zero-order chi connectivity index (χ0) is 38.4. The fourth-order valence-electron chi connectivity index (χ4n) is 6.14. The Labute approximate surface area is 322 Å². The molecule has 2 unspecified atom stereocenters. The van der Waals surface area contributed by atoms with Crippen LogP contribution in [0.15, 0.2) is 12.2 Å². The normalized spacial score (nSPS) is 13.9. The predicted molar refractivity (Wildman–Crippen MR) is 217 cm³/mol. The molecule has 0 fully saturated rings. The molecule has 0 heterocycles. The van der Waals surface area contributed by atoms with E-state index in [0.717, 1.165) is 51.4 Å². The third-order valence-corrected chi connectivity index (χ3v) is 10.5. The first kappa shape index (κ1) is 51.2. The van der Waals surface area contributed by atoms with Gasteiger partial charge in [-0.25, -0.2) is 0 Å². The van der Waals surface area contributed by atoms with Crippen LogP contribution in [-0.4, -0.2) is 70.7 Å². The van der Waals surface area contributed by atoms with Gasteiger partial charge in [0.1, 0.15) is 19.3 Å². The Kier molecular flexibility index (Phi) is 36.6. The van der Waals surface area contributed by atoms with Crippen LogP contribution in [0, 0.1) is 0 Å². The highest BCUT2D eigenvalue weighted by atomic mass is 31.2. The molecule has 0 amide bonds. The number of carbonyl (C=O) groups is 1. The van der Waals surface area contributed by atoms with Gasteiger partial charge in [-0.3, -0.25) is 9.36 Å². The van der Waals surface area contributed by atoms with Gasteiger partial charge < -0.3 is 27.9 Å². The van der Waals surface area contributed by atoms with E-state index in [1.807, 2.05) is 21.1 Å². The molecular formula is C43H86NO7P. The minimum atomic E-state index is -4.52. The molecule has 2 atom stereocenters. The minimum absolute atomic E-state index is 0.0275. The first-order valence-corrected chi connectivity index (χ1v) is 23.4. The Balaban J connectivity index is 4.10. The summed E-state index contributed by atoms with van der Waals surface area (Å²) in [6.07, 6.45) is 39.5. The van der Waals surface area contributed by atoms with Gasteiger partial charge in [0.15, 0.2) is 0 Å². The zero-order valence-electron chi connectivity index (χ0n) is 35.0. The summed E-state index contributed by atoms with van der Waals surface area (Å²) in [5.74, 6) is -0.342. The Morgan fingerprint density at radius 2 is 1.04 bits per heavy atom. The molecular weight excluding hydrogens is 673 g/mol. The van der Waals surface area contributed by atoms with Crippen molar-refractivity contribution in [2.24, 2.45) is 0 Å². The molecule has 0 aromatic heterocycles. The summed E-state index contributed by atoms with van der Waals surface area (Å²) in [6.45, 7) is 5.37. The molecule has 0 aromatic rings. The summed E-state index contributed by atoms with van der Waals surface area (Å²) in [5.41, 5.74) is 0. The molecule has 0 saturated carbocycles. The van der Waals surface area contributed by atoms with Crippen molar-refractivity contribution in [1.82, 2.24) is 0 Å². The number of rotatable bonds is 41. The lowest BCUT2D eigenvalue weighted by molar-refractivity contribution is -0.870. The van der Waals surface area contributed by atoms with Crippen LogP contribution in [0.25, 0.3) is 0 Å². The van der Waals surface area contributed by atoms with E-state index in [4.69, 9.17) is 18.5 Å². The Bertz CT molecular complexity index is 848. The Morgan fingerprint density at radius 1 is 0.577 bits per heavy atom. The molecule has 52 heavy (non-hydrogen) atoms. The number of likely N-dealkylation sites (N-methyl/N-ethyl adjacent to an activating group) is 1. The van der Waals surface area contributed by atoms with Gasteiger partial charge in [-0.05, 0) is 32.1 Å². The molecule has 0 bridgehead atoms. The first-order chi connectivity index (χ1) is 25.1. The van der Waals surface area contributed by atoms with E-state index >= 15 is 0 Å². The Hall–Kier alpha value is -0.760. The van der Waals surface area contributed by atoms with Gasteiger partial charge in [0.2, 0.25) is 0 Å². The average Bonchev–Trinajstić information content (AvgIpc) is 3.09. The zero-order valence-corrected chi connectivity index (χ0v) is 35.9. The highest BCUT2D eigenvalue weighted by Gasteiger charge is 2.20. The van der Waals surface area contributed by atoms with Crippen molar-refractivity contribution >= 4 is 13.8 Å². The van der Waals surface area contributed by atoms with Crippen molar-refractivity contribution in [3.8, 4) is 0 Å². The molecule has 0 spiro atoms. The number of carbonyl (C=O) groups excluding carboxylic acids is 1. The monoisotopic (exact) mass is 760 g/mol. The van der Waals surface area contributed by atoms with Gasteiger partial charge in [-0.2, -0.15) is 0 Å². The van der Waals surface area contributed by atoms with Crippen LogP contribution >= 0.6 is 7.82 Å². The molecule has 0 aromatic carbocycles. The summed E-state index contributed by atoms with van der Waals surface area (Å²) in [7, 11) is 1.36. The largest absolute Gasteiger partial charge is 0.756 e. The Morgan fingerprint density at radius 3 is 1.54 bits per heavy atom. The number of phosphoric acid groups is 1. The number of quaternary nitrogens is 1. The molecule has 0 N–H and O–H groups in total. The van der Waals surface area contributed by atoms with Crippen molar-refractivity contribution in [1.29, 1.82) is 0 Å². The van der Waals surface area contributed by atoms with E-state index in [1.54, 1.807) is 0 Å². The lowest BCUT2D eigenvalue weighted by atomic mass is 10.0. The minimum Gasteiger partial charge on any atom is -0.756 e. The number of ether oxygens (including phenoxy) is 2. The number of unbranched alkanes of at least 4 members (excludes halogenated alkanes) is 25. The molecule has 0 rings (SSSR count). The topological polar surface area (TPSA) is 94.1 Å². The van der Waals surface area contributed by atoms with Gasteiger partial charge >= 0.3 is 5.97 Å². The lowest BCUT2D eigenvalue weighted by Gasteiger charge is -2.28. The molecule has 310 valence electrons. The maximum Gasteiger partial charge on any atom is 0.306 e. The van der Waals surface area contributed by atoms with E-state index in [-0.39, 0.29) is 25.8 Å². The number of hydrogen-bond donors (Lipinski definition) is 0. The number of hydrogen-bond acceptors (Lipinski definition) is 7. The first-order valence-electron chi connectivity index (χ1n) is 21.9. The second-order valence-electron chi connectivity index (χ2n) is 16.1. The van der Waals surface area contributed by atoms with Crippen molar-refractivity contribution in [2.45, 2.75) is 206 Å². The van der Waals surface area contributed by atoms with Crippen molar-refractivity contribution in [3.63, 3.8) is 0 Å². The van der Waals surface area contributed by atoms with Gasteiger partial charge in [0.25, 0.3) is 7.82 Å². The second-order valence-corrected chi connectivity index (χ2v) is 17.5. The molecule has 0 saturated heterocycles. The third kappa shape index (κ3) is 40.4. The number of phosphoric ester groups is 1. The van der Waals surface area contributed by atoms with Crippen LogP contribution in [-0.2, 0) is 27.9 Å². The molecule has 0 aliphatic carbocycles. The average molecular weight is 760 g/mol. The predicted octanol–water partition coefficient (Wildman–Crippen LogP) is 12.0. The fraction of sp³-hybridized carbons (Fsp3) is 0.930. The summed E-state index contributed by atoms with van der Waals surface area (Å²) in [5, 5.41) is 0. The highest BCUT2D eigenvalue weighted by Crippen LogP contribution is 2.38. The summed E-state index contributed by atoms with van der Waals surface area (Å²) in [6, 6.07) is 0. The van der Waals surface area contributed by atoms with Crippen molar-refractivity contribution in [3.05, 3.63) is 12.2 Å². The highest BCUT2D eigenvalue weighted by molar-refractivity contribution is 7.45. The van der Waals surface area contributed by atoms with Gasteiger partial charge in [-0.1, -0.05) is 174 Å². The third-order valence-electron chi connectivity index (χ3n) is 9.55. The SMILES string of the molecule is CCC/C=C\CCCCCCCC(=O)OC(COCCCCCCCCCCCCCCCCCCCCCC)COP(=O)([O-])OCC[N+](C)(C)C. The van der Waals surface area contributed by atoms with Gasteiger partial charge in [0.05, 0.1) is 34.4 Å². The van der Waals surface area contributed by atoms with Crippen LogP contribution in [0.4, 0.5) is 0 Å². The van der Waals surface area contributed by atoms with Gasteiger partial charge in [0, 0.05) is 13.0 Å². The van der Waals surface area contributed by atoms with Crippen LogP contribution in [0.5, 0.6) is 0 Å². The van der Waals surface area contributed by atoms with E-state index in [0.29, 0.717) is 24.1 Å². The maximum absolute atomic E-state index is 12.6. The molecule has 9 heteroatoms.